The number of fused-ring (bicyclic) bond motifs is 1. The largest absolute Gasteiger partial charge is 0.379 e. The summed E-state index contributed by atoms with van der Waals surface area (Å²) in [4.78, 5) is 0.0931. The zero-order valence-corrected chi connectivity index (χ0v) is 12.2. The monoisotopic (exact) mass is 309 g/mol. The van der Waals surface area contributed by atoms with Crippen LogP contribution in [0, 0.1) is 11.3 Å². The molecule has 108 valence electrons. The first-order chi connectivity index (χ1) is 10.6. The van der Waals surface area contributed by atoms with Crippen LogP contribution in [0.3, 0.4) is 0 Å². The summed E-state index contributed by atoms with van der Waals surface area (Å²) >= 11 is 0. The lowest BCUT2D eigenvalue weighted by Gasteiger charge is -2.08. The highest BCUT2D eigenvalue weighted by Crippen LogP contribution is 2.22. The van der Waals surface area contributed by atoms with Crippen molar-refractivity contribution in [3.8, 4) is 11.8 Å². The molecule has 0 fully saturated rings. The van der Waals surface area contributed by atoms with Gasteiger partial charge in [0.15, 0.2) is 0 Å². The molecule has 0 aliphatic heterocycles. The molecule has 0 atom stereocenters. The van der Waals surface area contributed by atoms with Crippen LogP contribution in [0.1, 0.15) is 5.56 Å². The average Bonchev–Trinajstić information content (AvgIpc) is 2.55. The Hall–Kier alpha value is -2.84. The second kappa shape index (κ2) is 5.51. The minimum absolute atomic E-state index is 0.0931. The SMILES string of the molecule is N#Cc1ccc(OS(=O)(=O)c2ccc3ccccc3c2)cc1. The van der Waals surface area contributed by atoms with Crippen LogP contribution in [0.2, 0.25) is 0 Å². The fourth-order valence-corrected chi connectivity index (χ4v) is 3.05. The van der Waals surface area contributed by atoms with Crippen molar-refractivity contribution in [1.29, 1.82) is 5.26 Å². The molecule has 3 aromatic rings. The molecule has 3 rings (SSSR count). The van der Waals surface area contributed by atoms with Crippen molar-refractivity contribution >= 4 is 20.9 Å². The highest BCUT2D eigenvalue weighted by atomic mass is 32.2. The topological polar surface area (TPSA) is 67.2 Å². The van der Waals surface area contributed by atoms with Crippen molar-refractivity contribution in [1.82, 2.24) is 0 Å². The van der Waals surface area contributed by atoms with Crippen molar-refractivity contribution in [2.45, 2.75) is 4.90 Å². The summed E-state index contributed by atoms with van der Waals surface area (Å²) in [6, 6.07) is 20.2. The van der Waals surface area contributed by atoms with Gasteiger partial charge in [0, 0.05) is 0 Å². The smallest absolute Gasteiger partial charge is 0.339 e. The summed E-state index contributed by atoms with van der Waals surface area (Å²) < 4.78 is 29.7. The lowest BCUT2D eigenvalue weighted by atomic mass is 10.1. The Kier molecular flexibility index (Phi) is 3.53. The Morgan fingerprint density at radius 1 is 0.864 bits per heavy atom. The minimum Gasteiger partial charge on any atom is -0.379 e. The zero-order valence-electron chi connectivity index (χ0n) is 11.4. The van der Waals surface area contributed by atoms with Crippen molar-refractivity contribution in [3.63, 3.8) is 0 Å². The maximum absolute atomic E-state index is 12.3. The normalized spacial score (nSPS) is 11.0. The summed E-state index contributed by atoms with van der Waals surface area (Å²) in [5.41, 5.74) is 0.440. The molecule has 5 heteroatoms. The third kappa shape index (κ3) is 2.78. The maximum Gasteiger partial charge on any atom is 0.339 e. The Labute approximate surface area is 128 Å². The zero-order chi connectivity index (χ0) is 15.6. The number of hydrogen-bond acceptors (Lipinski definition) is 4. The van der Waals surface area contributed by atoms with Gasteiger partial charge in [0.25, 0.3) is 0 Å². The molecule has 0 radical (unpaired) electrons. The van der Waals surface area contributed by atoms with Gasteiger partial charge in [-0.15, -0.1) is 0 Å². The number of benzene rings is 3. The first-order valence-electron chi connectivity index (χ1n) is 6.52. The van der Waals surface area contributed by atoms with E-state index < -0.39 is 10.1 Å². The van der Waals surface area contributed by atoms with E-state index in [-0.39, 0.29) is 10.6 Å². The van der Waals surface area contributed by atoms with Crippen molar-refractivity contribution in [3.05, 3.63) is 72.3 Å². The van der Waals surface area contributed by atoms with Crippen LogP contribution in [0.25, 0.3) is 10.8 Å². The van der Waals surface area contributed by atoms with E-state index in [4.69, 9.17) is 9.44 Å². The molecule has 0 saturated carbocycles. The molecular formula is C17H11NO3S. The van der Waals surface area contributed by atoms with Crippen LogP contribution in [0.4, 0.5) is 0 Å². The minimum atomic E-state index is -3.91. The van der Waals surface area contributed by atoms with Gasteiger partial charge in [-0.05, 0) is 47.2 Å². The van der Waals surface area contributed by atoms with E-state index in [0.29, 0.717) is 5.56 Å². The van der Waals surface area contributed by atoms with E-state index in [1.54, 1.807) is 12.1 Å². The van der Waals surface area contributed by atoms with Crippen LogP contribution >= 0.6 is 0 Å². The first-order valence-corrected chi connectivity index (χ1v) is 7.93. The lowest BCUT2D eigenvalue weighted by Crippen LogP contribution is -2.09. The van der Waals surface area contributed by atoms with Gasteiger partial charge in [0.1, 0.15) is 10.6 Å². The van der Waals surface area contributed by atoms with Gasteiger partial charge in [-0.2, -0.15) is 13.7 Å². The van der Waals surface area contributed by atoms with Crippen LogP contribution in [-0.4, -0.2) is 8.42 Å². The molecule has 0 aliphatic rings. The van der Waals surface area contributed by atoms with Crippen molar-refractivity contribution in [2.24, 2.45) is 0 Å². The van der Waals surface area contributed by atoms with E-state index in [1.807, 2.05) is 30.3 Å². The first kappa shape index (κ1) is 14.1. The number of nitrogens with zero attached hydrogens (tertiary/aromatic N) is 1. The quantitative estimate of drug-likeness (QED) is 0.695. The van der Waals surface area contributed by atoms with Gasteiger partial charge < -0.3 is 4.18 Å². The fourth-order valence-electron chi connectivity index (χ4n) is 2.08. The Morgan fingerprint density at radius 3 is 2.23 bits per heavy atom. The van der Waals surface area contributed by atoms with Gasteiger partial charge >= 0.3 is 10.1 Å². The molecule has 0 heterocycles. The van der Waals surface area contributed by atoms with Gasteiger partial charge in [-0.25, -0.2) is 0 Å². The predicted molar refractivity (Wildman–Crippen MR) is 82.9 cm³/mol. The van der Waals surface area contributed by atoms with Gasteiger partial charge in [0.05, 0.1) is 11.6 Å². The maximum atomic E-state index is 12.3. The lowest BCUT2D eigenvalue weighted by molar-refractivity contribution is 0.486. The fraction of sp³-hybridized carbons (Fsp3) is 0. The molecule has 3 aromatic carbocycles. The van der Waals surface area contributed by atoms with Crippen molar-refractivity contribution < 1.29 is 12.6 Å². The molecule has 0 amide bonds. The average molecular weight is 309 g/mol. The highest BCUT2D eigenvalue weighted by molar-refractivity contribution is 7.87. The number of hydrogen-bond donors (Lipinski definition) is 0. The second-order valence-electron chi connectivity index (χ2n) is 4.68. The Morgan fingerprint density at radius 2 is 1.55 bits per heavy atom. The number of nitriles is 1. The van der Waals surface area contributed by atoms with E-state index in [2.05, 4.69) is 0 Å². The molecule has 22 heavy (non-hydrogen) atoms. The van der Waals surface area contributed by atoms with E-state index in [1.165, 1.54) is 30.3 Å². The molecule has 0 N–H and O–H groups in total. The van der Waals surface area contributed by atoms with Crippen LogP contribution < -0.4 is 4.18 Å². The predicted octanol–water partition coefficient (Wildman–Crippen LogP) is 3.48. The summed E-state index contributed by atoms with van der Waals surface area (Å²) in [6.07, 6.45) is 0. The molecule has 4 nitrogen and oxygen atoms in total. The molecule has 0 aliphatic carbocycles. The Bertz CT molecular complexity index is 971. The summed E-state index contributed by atoms with van der Waals surface area (Å²) in [5.74, 6) is 0.173. The second-order valence-corrected chi connectivity index (χ2v) is 6.23. The van der Waals surface area contributed by atoms with Gasteiger partial charge in [0.2, 0.25) is 0 Å². The van der Waals surface area contributed by atoms with E-state index >= 15 is 0 Å². The van der Waals surface area contributed by atoms with E-state index in [0.717, 1.165) is 10.8 Å². The molecule has 0 saturated heterocycles. The van der Waals surface area contributed by atoms with Crippen molar-refractivity contribution in [2.75, 3.05) is 0 Å². The van der Waals surface area contributed by atoms with Crippen LogP contribution in [0.15, 0.2) is 71.6 Å². The van der Waals surface area contributed by atoms with Gasteiger partial charge in [-0.1, -0.05) is 30.3 Å². The highest BCUT2D eigenvalue weighted by Gasteiger charge is 2.17. The standard InChI is InChI=1S/C17H11NO3S/c18-12-13-5-8-16(9-6-13)21-22(19,20)17-10-7-14-3-1-2-4-15(14)11-17/h1-11H. The third-order valence-corrected chi connectivity index (χ3v) is 4.44. The number of rotatable bonds is 3. The van der Waals surface area contributed by atoms with E-state index in [9.17, 15) is 8.42 Å². The Balaban J connectivity index is 1.95. The summed E-state index contributed by atoms with van der Waals surface area (Å²) in [6.45, 7) is 0. The van der Waals surface area contributed by atoms with Crippen LogP contribution in [-0.2, 0) is 10.1 Å². The summed E-state index contributed by atoms with van der Waals surface area (Å²) in [5, 5.41) is 10.5. The van der Waals surface area contributed by atoms with Gasteiger partial charge in [-0.3, -0.25) is 0 Å². The third-order valence-electron chi connectivity index (χ3n) is 3.20. The molecule has 0 spiro atoms. The molecule has 0 bridgehead atoms. The molecule has 0 unspecified atom stereocenters. The summed E-state index contributed by atoms with van der Waals surface area (Å²) in [7, 11) is -3.91. The molecular weight excluding hydrogens is 298 g/mol. The van der Waals surface area contributed by atoms with Crippen LogP contribution in [0.5, 0.6) is 5.75 Å². The molecule has 0 aromatic heterocycles.